The second kappa shape index (κ2) is 4.56. The molecule has 0 fully saturated rings. The van der Waals surface area contributed by atoms with Crippen molar-refractivity contribution >= 4 is 5.91 Å². The zero-order chi connectivity index (χ0) is 12.3. The Morgan fingerprint density at radius 2 is 2.41 bits per heavy atom. The van der Waals surface area contributed by atoms with Crippen molar-refractivity contribution in [2.75, 3.05) is 0 Å². The number of nitrogens with one attached hydrogen (secondary N) is 2. The number of carbonyl (C=O) groups excluding carboxylic acids is 1. The third kappa shape index (κ3) is 2.36. The second-order valence-electron chi connectivity index (χ2n) is 3.34. The van der Waals surface area contributed by atoms with Crippen molar-refractivity contribution < 1.29 is 9.90 Å². The van der Waals surface area contributed by atoms with Crippen molar-refractivity contribution in [1.82, 2.24) is 30.9 Å². The minimum absolute atomic E-state index is 0.0390. The molecule has 1 amide bonds. The summed E-state index contributed by atoms with van der Waals surface area (Å²) in [5, 5.41) is 25.2. The number of hydrogen-bond donors (Lipinski definition) is 3. The van der Waals surface area contributed by atoms with Crippen LogP contribution in [0.2, 0.25) is 0 Å². The number of hydrogen-bond acceptors (Lipinski definition) is 6. The van der Waals surface area contributed by atoms with Crippen LogP contribution in [-0.2, 0) is 0 Å². The highest BCUT2D eigenvalue weighted by Gasteiger charge is 2.17. The van der Waals surface area contributed by atoms with Crippen LogP contribution >= 0.6 is 0 Å². The summed E-state index contributed by atoms with van der Waals surface area (Å²) in [5.74, 6) is -0.320. The van der Waals surface area contributed by atoms with Crippen molar-refractivity contribution in [3.8, 4) is 5.75 Å². The van der Waals surface area contributed by atoms with Gasteiger partial charge in [0.1, 0.15) is 5.75 Å². The van der Waals surface area contributed by atoms with E-state index in [0.717, 1.165) is 0 Å². The number of carbonyl (C=O) groups is 1. The summed E-state index contributed by atoms with van der Waals surface area (Å²) in [5.41, 5.74) is -0.0390. The molecule has 0 saturated heterocycles. The van der Waals surface area contributed by atoms with E-state index in [1.165, 1.54) is 18.3 Å². The van der Waals surface area contributed by atoms with E-state index < -0.39 is 11.9 Å². The number of rotatable bonds is 3. The van der Waals surface area contributed by atoms with Gasteiger partial charge in [0.25, 0.3) is 5.91 Å². The molecule has 0 radical (unpaired) electrons. The van der Waals surface area contributed by atoms with Crippen molar-refractivity contribution in [2.45, 2.75) is 13.0 Å². The van der Waals surface area contributed by atoms with Gasteiger partial charge in [-0.2, -0.15) is 5.21 Å². The molecule has 2 rings (SSSR count). The van der Waals surface area contributed by atoms with Gasteiger partial charge in [-0.3, -0.25) is 4.79 Å². The summed E-state index contributed by atoms with van der Waals surface area (Å²) >= 11 is 0. The minimum atomic E-state index is -0.500. The lowest BCUT2D eigenvalue weighted by Crippen LogP contribution is -2.28. The number of nitrogens with zero attached hydrogens (tertiary/aromatic N) is 4. The lowest BCUT2D eigenvalue weighted by Gasteiger charge is -2.09. The number of H-pyrrole nitrogens is 1. The van der Waals surface area contributed by atoms with Gasteiger partial charge in [-0.05, 0) is 19.1 Å². The molecular formula is C9H10N6O2. The summed E-state index contributed by atoms with van der Waals surface area (Å²) in [6.45, 7) is 1.70. The molecule has 17 heavy (non-hydrogen) atoms. The summed E-state index contributed by atoms with van der Waals surface area (Å²) in [4.78, 5) is 15.5. The van der Waals surface area contributed by atoms with Gasteiger partial charge in [0.05, 0.1) is 6.04 Å². The highest BCUT2D eigenvalue weighted by Crippen LogP contribution is 2.13. The first-order chi connectivity index (χ1) is 8.18. The van der Waals surface area contributed by atoms with Crippen molar-refractivity contribution in [1.29, 1.82) is 0 Å². The van der Waals surface area contributed by atoms with Crippen molar-refractivity contribution in [3.05, 3.63) is 29.8 Å². The molecule has 0 aliphatic rings. The van der Waals surface area contributed by atoms with Gasteiger partial charge in [-0.25, -0.2) is 4.98 Å². The van der Waals surface area contributed by atoms with Crippen molar-refractivity contribution in [2.24, 2.45) is 0 Å². The van der Waals surface area contributed by atoms with E-state index in [1.54, 1.807) is 6.92 Å². The number of aromatic nitrogens is 5. The van der Waals surface area contributed by atoms with Gasteiger partial charge in [0.15, 0.2) is 11.5 Å². The summed E-state index contributed by atoms with van der Waals surface area (Å²) in [6.07, 6.45) is 1.42. The van der Waals surface area contributed by atoms with Crippen LogP contribution in [0, 0.1) is 0 Å². The van der Waals surface area contributed by atoms with E-state index in [4.69, 9.17) is 0 Å². The molecule has 8 heteroatoms. The molecule has 1 unspecified atom stereocenters. The molecule has 0 aromatic carbocycles. The molecule has 2 aromatic rings. The van der Waals surface area contributed by atoms with Gasteiger partial charge >= 0.3 is 0 Å². The Bertz CT molecular complexity index is 512. The van der Waals surface area contributed by atoms with E-state index in [-0.39, 0.29) is 11.4 Å². The van der Waals surface area contributed by atoms with E-state index in [2.05, 4.69) is 30.9 Å². The predicted molar refractivity (Wildman–Crippen MR) is 56.0 cm³/mol. The third-order valence-electron chi connectivity index (χ3n) is 2.10. The molecule has 3 N–H and O–H groups in total. The standard InChI is InChI=1S/C9H10N6O2/c1-5(8-12-14-15-13-8)11-9(17)7-6(16)3-2-4-10-7/h2-5,16H,1H3,(H,11,17)(H,12,13,14,15). The van der Waals surface area contributed by atoms with Crippen LogP contribution in [0.4, 0.5) is 0 Å². The fraction of sp³-hybridized carbons (Fsp3) is 0.222. The highest BCUT2D eigenvalue weighted by molar-refractivity contribution is 5.94. The summed E-state index contributed by atoms with van der Waals surface area (Å²) in [7, 11) is 0. The third-order valence-corrected chi connectivity index (χ3v) is 2.10. The van der Waals surface area contributed by atoms with Gasteiger partial charge in [-0.1, -0.05) is 5.21 Å². The molecule has 2 aromatic heterocycles. The molecule has 0 aliphatic carbocycles. The Labute approximate surface area is 96.1 Å². The van der Waals surface area contributed by atoms with Crippen LogP contribution in [-0.4, -0.2) is 36.6 Å². The van der Waals surface area contributed by atoms with Crippen LogP contribution in [0.15, 0.2) is 18.3 Å². The van der Waals surface area contributed by atoms with Gasteiger partial charge < -0.3 is 10.4 Å². The molecule has 0 saturated carbocycles. The minimum Gasteiger partial charge on any atom is -0.505 e. The topological polar surface area (TPSA) is 117 Å². The normalized spacial score (nSPS) is 12.1. The van der Waals surface area contributed by atoms with E-state index >= 15 is 0 Å². The summed E-state index contributed by atoms with van der Waals surface area (Å²) in [6, 6.07) is 2.50. The maximum atomic E-state index is 11.8. The molecule has 1 atom stereocenters. The van der Waals surface area contributed by atoms with Gasteiger partial charge in [0.2, 0.25) is 0 Å². The first-order valence-electron chi connectivity index (χ1n) is 4.86. The Morgan fingerprint density at radius 1 is 1.59 bits per heavy atom. The average Bonchev–Trinajstić information content (AvgIpc) is 2.82. The number of aromatic amines is 1. The average molecular weight is 234 g/mol. The summed E-state index contributed by atoms with van der Waals surface area (Å²) < 4.78 is 0. The van der Waals surface area contributed by atoms with Crippen LogP contribution in [0.25, 0.3) is 0 Å². The number of amides is 1. The fourth-order valence-corrected chi connectivity index (χ4v) is 1.25. The number of aromatic hydroxyl groups is 1. The second-order valence-corrected chi connectivity index (χ2v) is 3.34. The fourth-order valence-electron chi connectivity index (χ4n) is 1.25. The molecule has 88 valence electrons. The maximum Gasteiger partial charge on any atom is 0.274 e. The Hall–Kier alpha value is -2.51. The van der Waals surface area contributed by atoms with E-state index in [9.17, 15) is 9.90 Å². The van der Waals surface area contributed by atoms with Crippen LogP contribution < -0.4 is 5.32 Å². The quantitative estimate of drug-likeness (QED) is 0.676. The van der Waals surface area contributed by atoms with Gasteiger partial charge in [0, 0.05) is 6.20 Å². The molecule has 0 bridgehead atoms. The van der Waals surface area contributed by atoms with Crippen LogP contribution in [0.5, 0.6) is 5.75 Å². The number of tetrazole rings is 1. The van der Waals surface area contributed by atoms with Crippen LogP contribution in [0.1, 0.15) is 29.3 Å². The lowest BCUT2D eigenvalue weighted by atomic mass is 10.2. The Balaban J connectivity index is 2.10. The molecule has 0 spiro atoms. The maximum absolute atomic E-state index is 11.8. The first-order valence-corrected chi connectivity index (χ1v) is 4.86. The smallest absolute Gasteiger partial charge is 0.274 e. The van der Waals surface area contributed by atoms with Crippen molar-refractivity contribution in [3.63, 3.8) is 0 Å². The molecular weight excluding hydrogens is 224 g/mol. The predicted octanol–water partition coefficient (Wildman–Crippen LogP) is -0.209. The Morgan fingerprint density at radius 3 is 3.06 bits per heavy atom. The molecule has 2 heterocycles. The van der Waals surface area contributed by atoms with E-state index in [0.29, 0.717) is 5.82 Å². The zero-order valence-corrected chi connectivity index (χ0v) is 8.95. The zero-order valence-electron chi connectivity index (χ0n) is 8.95. The lowest BCUT2D eigenvalue weighted by molar-refractivity contribution is 0.0930. The highest BCUT2D eigenvalue weighted by atomic mass is 16.3. The van der Waals surface area contributed by atoms with Crippen LogP contribution in [0.3, 0.4) is 0 Å². The first kappa shape index (κ1) is 11.0. The number of pyridine rings is 1. The Kier molecular flexibility index (Phi) is 2.95. The van der Waals surface area contributed by atoms with E-state index in [1.807, 2.05) is 0 Å². The monoisotopic (exact) mass is 234 g/mol. The SMILES string of the molecule is CC(NC(=O)c1ncccc1O)c1nn[nH]n1. The molecule has 0 aliphatic heterocycles. The molecule has 8 nitrogen and oxygen atoms in total. The van der Waals surface area contributed by atoms with Gasteiger partial charge in [-0.15, -0.1) is 10.2 Å². The largest absolute Gasteiger partial charge is 0.505 e.